The van der Waals surface area contributed by atoms with Gasteiger partial charge < -0.3 is 9.30 Å². The van der Waals surface area contributed by atoms with Crippen LogP contribution in [0.15, 0.2) is 39.7 Å². The molecule has 5 heteroatoms. The van der Waals surface area contributed by atoms with E-state index in [1.807, 2.05) is 0 Å². The second-order valence-corrected chi connectivity index (χ2v) is 5.77. The van der Waals surface area contributed by atoms with Gasteiger partial charge in [0.05, 0.1) is 13.7 Å². The van der Waals surface area contributed by atoms with E-state index in [-0.39, 0.29) is 11.3 Å². The molecular formula is C16H16BrNO3. The Morgan fingerprint density at radius 2 is 2.05 bits per heavy atom. The first kappa shape index (κ1) is 15.5. The Kier molecular flexibility index (Phi) is 4.63. The van der Waals surface area contributed by atoms with Crippen molar-refractivity contribution in [2.45, 2.75) is 20.4 Å². The number of methoxy groups -OCH3 is 1. The minimum atomic E-state index is -0.0616. The smallest absolute Gasteiger partial charge is 0.253 e. The topological polar surface area (TPSA) is 48.3 Å². The highest BCUT2D eigenvalue weighted by Gasteiger charge is 2.10. The molecular weight excluding hydrogens is 334 g/mol. The van der Waals surface area contributed by atoms with Crippen LogP contribution in [0.2, 0.25) is 0 Å². The van der Waals surface area contributed by atoms with Crippen LogP contribution in [0.5, 0.6) is 5.75 Å². The summed E-state index contributed by atoms with van der Waals surface area (Å²) in [5.74, 6) is 0.640. The second-order valence-electron chi connectivity index (χ2n) is 4.86. The van der Waals surface area contributed by atoms with Gasteiger partial charge >= 0.3 is 0 Å². The molecule has 0 saturated carbocycles. The zero-order valence-corrected chi connectivity index (χ0v) is 13.7. The molecule has 0 spiro atoms. The molecule has 0 N–H and O–H groups in total. The predicted molar refractivity (Wildman–Crippen MR) is 85.2 cm³/mol. The third-order valence-corrected chi connectivity index (χ3v) is 3.69. The summed E-state index contributed by atoms with van der Waals surface area (Å²) in [4.78, 5) is 23.7. The van der Waals surface area contributed by atoms with E-state index >= 15 is 0 Å². The lowest BCUT2D eigenvalue weighted by atomic mass is 10.1. The first-order chi connectivity index (χ1) is 9.92. The van der Waals surface area contributed by atoms with Crippen molar-refractivity contribution in [1.82, 2.24) is 4.57 Å². The fourth-order valence-electron chi connectivity index (χ4n) is 2.16. The molecule has 4 nitrogen and oxygen atoms in total. The molecule has 0 bridgehead atoms. The van der Waals surface area contributed by atoms with E-state index in [9.17, 15) is 9.59 Å². The lowest BCUT2D eigenvalue weighted by Gasteiger charge is -2.12. The molecule has 0 amide bonds. The molecule has 1 aromatic heterocycles. The number of nitrogens with zero attached hydrogens (tertiary/aromatic N) is 1. The van der Waals surface area contributed by atoms with Gasteiger partial charge in [0.2, 0.25) is 0 Å². The van der Waals surface area contributed by atoms with Crippen molar-refractivity contribution < 1.29 is 9.53 Å². The fraction of sp³-hybridized carbons (Fsp3) is 0.250. The van der Waals surface area contributed by atoms with Crippen LogP contribution in [0.3, 0.4) is 0 Å². The molecule has 0 atom stereocenters. The van der Waals surface area contributed by atoms with E-state index < -0.39 is 0 Å². The van der Waals surface area contributed by atoms with Crippen molar-refractivity contribution in [1.29, 1.82) is 0 Å². The Hall–Kier alpha value is -1.88. The van der Waals surface area contributed by atoms with Crippen LogP contribution in [0.4, 0.5) is 0 Å². The number of aromatic nitrogens is 1. The summed E-state index contributed by atoms with van der Waals surface area (Å²) in [6.07, 6.45) is 1.73. The average molecular weight is 350 g/mol. The number of aryl methyl sites for hydroxylation is 1. The molecule has 0 aliphatic carbocycles. The molecule has 0 unspecified atom stereocenters. The molecule has 0 aliphatic rings. The summed E-state index contributed by atoms with van der Waals surface area (Å²) < 4.78 is 7.75. The van der Waals surface area contributed by atoms with Crippen molar-refractivity contribution >= 4 is 21.7 Å². The van der Waals surface area contributed by atoms with Gasteiger partial charge in [-0.1, -0.05) is 0 Å². The summed E-state index contributed by atoms with van der Waals surface area (Å²) >= 11 is 3.39. The van der Waals surface area contributed by atoms with Crippen LogP contribution >= 0.6 is 15.9 Å². The number of benzene rings is 1. The molecule has 0 radical (unpaired) electrons. The lowest BCUT2D eigenvalue weighted by Crippen LogP contribution is -2.22. The van der Waals surface area contributed by atoms with Crippen molar-refractivity contribution in [2.75, 3.05) is 7.11 Å². The van der Waals surface area contributed by atoms with Crippen molar-refractivity contribution in [3.63, 3.8) is 0 Å². The summed E-state index contributed by atoms with van der Waals surface area (Å²) in [5.41, 5.74) is 2.00. The number of halogens is 1. The van der Waals surface area contributed by atoms with Gasteiger partial charge in [0.1, 0.15) is 5.75 Å². The highest BCUT2D eigenvalue weighted by atomic mass is 79.9. The third-order valence-electron chi connectivity index (χ3n) is 3.26. The maximum Gasteiger partial charge on any atom is 0.253 e. The van der Waals surface area contributed by atoms with Gasteiger partial charge in [0.15, 0.2) is 5.78 Å². The van der Waals surface area contributed by atoms with E-state index in [2.05, 4.69) is 15.9 Å². The molecule has 0 fully saturated rings. The van der Waals surface area contributed by atoms with Gasteiger partial charge in [-0.15, -0.1) is 0 Å². The number of hydrogen-bond donors (Lipinski definition) is 0. The molecule has 2 aromatic rings. The van der Waals surface area contributed by atoms with Crippen LogP contribution in [0, 0.1) is 6.92 Å². The van der Waals surface area contributed by atoms with Crippen molar-refractivity contribution in [3.8, 4) is 5.75 Å². The standard InChI is InChI=1S/C16H16BrNO3/c1-10-6-14(17)9-18(16(10)20)8-13-7-12(11(2)19)4-5-15(13)21-3/h4-7,9H,8H2,1-3H3. The summed E-state index contributed by atoms with van der Waals surface area (Å²) in [5, 5.41) is 0. The summed E-state index contributed by atoms with van der Waals surface area (Å²) in [7, 11) is 1.57. The van der Waals surface area contributed by atoms with Crippen molar-refractivity contribution in [2.24, 2.45) is 0 Å². The van der Waals surface area contributed by atoms with Gasteiger partial charge in [-0.3, -0.25) is 9.59 Å². The van der Waals surface area contributed by atoms with E-state index in [0.29, 0.717) is 23.4 Å². The number of ether oxygens (including phenoxy) is 1. The Morgan fingerprint density at radius 3 is 2.67 bits per heavy atom. The Labute approximate surface area is 131 Å². The number of pyridine rings is 1. The Morgan fingerprint density at radius 1 is 1.33 bits per heavy atom. The predicted octanol–water partition coefficient (Wildman–Crippen LogP) is 3.18. The van der Waals surface area contributed by atoms with Crippen LogP contribution in [-0.2, 0) is 6.54 Å². The number of ketones is 1. The highest BCUT2D eigenvalue weighted by molar-refractivity contribution is 9.10. The minimum Gasteiger partial charge on any atom is -0.496 e. The number of Topliss-reactive ketones (excluding diaryl/α,β-unsaturated/α-hetero) is 1. The number of hydrogen-bond acceptors (Lipinski definition) is 3. The van der Waals surface area contributed by atoms with E-state index in [0.717, 1.165) is 10.0 Å². The lowest BCUT2D eigenvalue weighted by molar-refractivity contribution is 0.101. The number of rotatable bonds is 4. The first-order valence-corrected chi connectivity index (χ1v) is 7.26. The van der Waals surface area contributed by atoms with Crippen molar-refractivity contribution in [3.05, 3.63) is 62.0 Å². The monoisotopic (exact) mass is 349 g/mol. The first-order valence-electron chi connectivity index (χ1n) is 6.47. The maximum atomic E-state index is 12.2. The van der Waals surface area contributed by atoms with Gasteiger partial charge in [0, 0.05) is 27.4 Å². The van der Waals surface area contributed by atoms with Gasteiger partial charge in [-0.05, 0) is 54.0 Å². The van der Waals surface area contributed by atoms with Crippen LogP contribution in [0.1, 0.15) is 28.4 Å². The van der Waals surface area contributed by atoms with Gasteiger partial charge in [-0.2, -0.15) is 0 Å². The summed E-state index contributed by atoms with van der Waals surface area (Å²) in [6.45, 7) is 3.64. The fourth-order valence-corrected chi connectivity index (χ4v) is 2.75. The Balaban J connectivity index is 2.50. The quantitative estimate of drug-likeness (QED) is 0.796. The van der Waals surface area contributed by atoms with E-state index in [4.69, 9.17) is 4.74 Å². The molecule has 0 aliphatic heterocycles. The third kappa shape index (κ3) is 3.42. The normalized spacial score (nSPS) is 10.5. The van der Waals surface area contributed by atoms with E-state index in [1.165, 1.54) is 6.92 Å². The summed E-state index contributed by atoms with van der Waals surface area (Å²) in [6, 6.07) is 7.02. The zero-order valence-electron chi connectivity index (χ0n) is 12.1. The SMILES string of the molecule is COc1ccc(C(C)=O)cc1Cn1cc(Br)cc(C)c1=O. The second kappa shape index (κ2) is 6.26. The molecule has 110 valence electrons. The van der Waals surface area contributed by atoms with Crippen LogP contribution in [0.25, 0.3) is 0 Å². The molecule has 1 heterocycles. The maximum absolute atomic E-state index is 12.2. The minimum absolute atomic E-state index is 0.0170. The average Bonchev–Trinajstić information content (AvgIpc) is 2.44. The highest BCUT2D eigenvalue weighted by Crippen LogP contribution is 2.21. The Bertz CT molecular complexity index is 750. The largest absolute Gasteiger partial charge is 0.496 e. The van der Waals surface area contributed by atoms with Crippen LogP contribution < -0.4 is 10.3 Å². The molecule has 2 rings (SSSR count). The molecule has 0 saturated heterocycles. The zero-order chi connectivity index (χ0) is 15.6. The van der Waals surface area contributed by atoms with E-state index in [1.54, 1.807) is 49.1 Å². The molecule has 21 heavy (non-hydrogen) atoms. The van der Waals surface area contributed by atoms with Crippen LogP contribution in [-0.4, -0.2) is 17.5 Å². The van der Waals surface area contributed by atoms with Gasteiger partial charge in [-0.25, -0.2) is 0 Å². The number of carbonyl (C=O) groups excluding carboxylic acids is 1. The number of carbonyl (C=O) groups is 1. The molecule has 1 aromatic carbocycles. The van der Waals surface area contributed by atoms with Gasteiger partial charge in [0.25, 0.3) is 5.56 Å².